The van der Waals surface area contributed by atoms with Crippen LogP contribution in [0.3, 0.4) is 0 Å². The summed E-state index contributed by atoms with van der Waals surface area (Å²) in [6.45, 7) is 3.23. The second-order valence-electron chi connectivity index (χ2n) is 20.1. The highest BCUT2D eigenvalue weighted by Gasteiger charge is 2.60. The molecule has 2 saturated heterocycles. The fourth-order valence-corrected chi connectivity index (χ4v) is 16.3. The standard InChI is InChI=1S/C42H56O4/c1-24-2-26-3-25(1)12-40(11-24,13-26)35-10-36(45-22-33-20-43-33)37(41-14-27-4-28(15-41)6-29(5-27)16-41)38(39(35)46-23-34-21-44-34)42-17-30-7-31(18-42)9-32(8-30)19-42/h10,24-34H,1-9,11-23H2. The van der Waals surface area contributed by atoms with Crippen molar-refractivity contribution in [3.8, 4) is 11.5 Å². The predicted octanol–water partition coefficient (Wildman–Crippen LogP) is 8.65. The van der Waals surface area contributed by atoms with Crippen molar-refractivity contribution in [2.45, 2.75) is 144 Å². The van der Waals surface area contributed by atoms with Gasteiger partial charge in [0, 0.05) is 27.5 Å². The molecule has 14 aliphatic rings. The SMILES string of the molecule is c1c(OCC2CO2)c(C23CC4CC(CC(C4)C2)C3)c(C23CC4CC(CC(C4)C2)C3)c(OCC2CO2)c1C12CC3CC(CC(C3)C1)C2. The third-order valence-corrected chi connectivity index (χ3v) is 16.6. The number of rotatable bonds is 9. The molecule has 2 aliphatic heterocycles. The molecule has 12 aliphatic carbocycles. The minimum Gasteiger partial charge on any atom is -0.490 e. The van der Waals surface area contributed by atoms with Crippen LogP contribution < -0.4 is 9.47 Å². The van der Waals surface area contributed by atoms with Gasteiger partial charge < -0.3 is 18.9 Å². The summed E-state index contributed by atoms with van der Waals surface area (Å²) in [4.78, 5) is 0. The molecule has 0 radical (unpaired) electrons. The lowest BCUT2D eigenvalue weighted by molar-refractivity contribution is -0.0211. The molecule has 15 rings (SSSR count). The fourth-order valence-electron chi connectivity index (χ4n) is 16.3. The van der Waals surface area contributed by atoms with Gasteiger partial charge in [0.1, 0.15) is 36.9 Å². The molecule has 1 aromatic rings. The van der Waals surface area contributed by atoms with Crippen LogP contribution in [0.2, 0.25) is 0 Å². The summed E-state index contributed by atoms with van der Waals surface area (Å²) < 4.78 is 26.4. The summed E-state index contributed by atoms with van der Waals surface area (Å²) in [6.07, 6.45) is 26.6. The van der Waals surface area contributed by atoms with Crippen LogP contribution in [0.25, 0.3) is 0 Å². The van der Waals surface area contributed by atoms with Gasteiger partial charge in [0.15, 0.2) is 0 Å². The fraction of sp³-hybridized carbons (Fsp3) is 0.857. The Hall–Kier alpha value is -1.26. The number of ether oxygens (including phenoxy) is 4. The molecule has 2 heterocycles. The Bertz CT molecular complexity index is 1330. The molecule has 2 unspecified atom stereocenters. The van der Waals surface area contributed by atoms with Gasteiger partial charge in [-0.1, -0.05) is 0 Å². The molecule has 46 heavy (non-hydrogen) atoms. The van der Waals surface area contributed by atoms with E-state index in [2.05, 4.69) is 6.07 Å². The van der Waals surface area contributed by atoms with Crippen LogP contribution in [-0.2, 0) is 25.7 Å². The van der Waals surface area contributed by atoms with Crippen LogP contribution in [0.15, 0.2) is 6.07 Å². The Morgan fingerprint density at radius 1 is 0.478 bits per heavy atom. The van der Waals surface area contributed by atoms with Crippen LogP contribution in [0.1, 0.15) is 132 Å². The largest absolute Gasteiger partial charge is 0.490 e. The molecule has 4 heteroatoms. The number of hydrogen-bond acceptors (Lipinski definition) is 4. The van der Waals surface area contributed by atoms with Gasteiger partial charge >= 0.3 is 0 Å². The molecule has 0 amide bonds. The number of epoxide rings is 2. The lowest BCUT2D eigenvalue weighted by Gasteiger charge is -2.62. The van der Waals surface area contributed by atoms with Crippen molar-refractivity contribution in [1.29, 1.82) is 0 Å². The van der Waals surface area contributed by atoms with Gasteiger partial charge in [-0.3, -0.25) is 0 Å². The lowest BCUT2D eigenvalue weighted by atomic mass is 9.43. The predicted molar refractivity (Wildman–Crippen MR) is 176 cm³/mol. The average molecular weight is 625 g/mol. The Morgan fingerprint density at radius 3 is 1.22 bits per heavy atom. The van der Waals surface area contributed by atoms with Crippen molar-refractivity contribution in [2.75, 3.05) is 26.4 Å². The maximum atomic E-state index is 7.46. The van der Waals surface area contributed by atoms with E-state index in [-0.39, 0.29) is 22.3 Å². The van der Waals surface area contributed by atoms with E-state index in [1.54, 1.807) is 16.7 Å². The van der Waals surface area contributed by atoms with Crippen LogP contribution in [0.5, 0.6) is 11.5 Å². The lowest BCUT2D eigenvalue weighted by Crippen LogP contribution is -2.53. The van der Waals surface area contributed by atoms with Gasteiger partial charge in [-0.15, -0.1) is 0 Å². The van der Waals surface area contributed by atoms with Gasteiger partial charge in [0.05, 0.1) is 13.2 Å². The monoisotopic (exact) mass is 624 g/mol. The molecule has 4 nitrogen and oxygen atoms in total. The molecule has 0 spiro atoms. The van der Waals surface area contributed by atoms with Crippen molar-refractivity contribution in [2.24, 2.45) is 53.3 Å². The number of benzene rings is 1. The summed E-state index contributed by atoms with van der Waals surface area (Å²) in [5, 5.41) is 0. The van der Waals surface area contributed by atoms with E-state index in [0.717, 1.165) is 79.7 Å². The molecular weight excluding hydrogens is 568 g/mol. The van der Waals surface area contributed by atoms with Crippen LogP contribution in [-0.4, -0.2) is 38.6 Å². The zero-order valence-electron chi connectivity index (χ0n) is 28.1. The summed E-state index contributed by atoms with van der Waals surface area (Å²) in [6, 6.07) is 2.68. The second kappa shape index (κ2) is 9.49. The minimum absolute atomic E-state index is 0.277. The van der Waals surface area contributed by atoms with E-state index in [9.17, 15) is 0 Å². The van der Waals surface area contributed by atoms with E-state index >= 15 is 0 Å². The zero-order chi connectivity index (χ0) is 29.8. The van der Waals surface area contributed by atoms with Crippen molar-refractivity contribution < 1.29 is 18.9 Å². The number of hydrogen-bond donors (Lipinski definition) is 0. The van der Waals surface area contributed by atoms with Gasteiger partial charge in [0.2, 0.25) is 0 Å². The quantitative estimate of drug-likeness (QED) is 0.258. The summed E-state index contributed by atoms with van der Waals surface area (Å²) >= 11 is 0. The first-order valence-electron chi connectivity index (χ1n) is 20.2. The van der Waals surface area contributed by atoms with E-state index in [1.807, 2.05) is 0 Å². The average Bonchev–Trinajstić information content (AvgIpc) is 3.93. The van der Waals surface area contributed by atoms with Gasteiger partial charge in [-0.25, -0.2) is 0 Å². The second-order valence-corrected chi connectivity index (χ2v) is 20.1. The first kappa shape index (κ1) is 27.5. The first-order valence-corrected chi connectivity index (χ1v) is 20.2. The van der Waals surface area contributed by atoms with Gasteiger partial charge in [-0.05, 0) is 180 Å². The van der Waals surface area contributed by atoms with E-state index in [0.29, 0.717) is 6.10 Å². The topological polar surface area (TPSA) is 43.5 Å². The van der Waals surface area contributed by atoms with E-state index < -0.39 is 0 Å². The maximum absolute atomic E-state index is 7.46. The van der Waals surface area contributed by atoms with Crippen molar-refractivity contribution in [3.63, 3.8) is 0 Å². The van der Waals surface area contributed by atoms with Crippen LogP contribution in [0, 0.1) is 53.3 Å². The van der Waals surface area contributed by atoms with Crippen molar-refractivity contribution >= 4 is 0 Å². The van der Waals surface area contributed by atoms with E-state index in [1.165, 1.54) is 127 Å². The summed E-state index contributed by atoms with van der Waals surface area (Å²) in [5.41, 5.74) is 5.89. The smallest absolute Gasteiger partial charge is 0.127 e. The first-order chi connectivity index (χ1) is 22.5. The Labute approximate surface area is 276 Å². The molecule has 0 N–H and O–H groups in total. The van der Waals surface area contributed by atoms with Gasteiger partial charge in [0.25, 0.3) is 0 Å². The third kappa shape index (κ3) is 4.16. The van der Waals surface area contributed by atoms with Crippen molar-refractivity contribution in [3.05, 3.63) is 22.8 Å². The molecule has 14 fully saturated rings. The highest BCUT2D eigenvalue weighted by molar-refractivity contribution is 5.63. The molecular formula is C42H56O4. The molecule has 12 saturated carbocycles. The zero-order valence-corrected chi connectivity index (χ0v) is 28.1. The Morgan fingerprint density at radius 2 is 0.826 bits per heavy atom. The Balaban J connectivity index is 1.12. The van der Waals surface area contributed by atoms with Crippen molar-refractivity contribution in [1.82, 2.24) is 0 Å². The molecule has 1 aromatic carbocycles. The molecule has 0 aromatic heterocycles. The Kier molecular flexibility index (Phi) is 5.69. The molecule has 12 bridgehead atoms. The summed E-state index contributed by atoms with van der Waals surface area (Å²) in [7, 11) is 0. The minimum atomic E-state index is 0.277. The van der Waals surface area contributed by atoms with E-state index in [4.69, 9.17) is 18.9 Å². The highest BCUT2D eigenvalue weighted by atomic mass is 16.6. The molecule has 248 valence electrons. The highest BCUT2D eigenvalue weighted by Crippen LogP contribution is 2.70. The summed E-state index contributed by atoms with van der Waals surface area (Å²) in [5.74, 6) is 11.0. The normalized spacial score (nSPS) is 52.8. The third-order valence-electron chi connectivity index (χ3n) is 16.6. The van der Waals surface area contributed by atoms with Crippen LogP contribution in [0.4, 0.5) is 0 Å². The maximum Gasteiger partial charge on any atom is 0.127 e. The molecule has 2 atom stereocenters. The van der Waals surface area contributed by atoms with Crippen LogP contribution >= 0.6 is 0 Å². The van der Waals surface area contributed by atoms with Gasteiger partial charge in [-0.2, -0.15) is 0 Å².